The first-order valence-electron chi connectivity index (χ1n) is 7.82. The molecule has 7 heteroatoms. The van der Waals surface area contributed by atoms with Crippen molar-refractivity contribution in [3.63, 3.8) is 0 Å². The molecule has 0 radical (unpaired) electrons. The van der Waals surface area contributed by atoms with E-state index in [0.29, 0.717) is 17.8 Å². The molecule has 0 saturated carbocycles. The van der Waals surface area contributed by atoms with Gasteiger partial charge in [-0.05, 0) is 36.8 Å². The van der Waals surface area contributed by atoms with E-state index in [-0.39, 0.29) is 17.9 Å². The van der Waals surface area contributed by atoms with Crippen LogP contribution in [0.25, 0.3) is 10.1 Å². The third-order valence-corrected chi connectivity index (χ3v) is 5.55. The van der Waals surface area contributed by atoms with Crippen molar-refractivity contribution in [1.29, 1.82) is 0 Å². The van der Waals surface area contributed by atoms with Gasteiger partial charge in [-0.1, -0.05) is 0 Å². The van der Waals surface area contributed by atoms with Crippen LogP contribution in [0.3, 0.4) is 0 Å². The van der Waals surface area contributed by atoms with Crippen molar-refractivity contribution in [3.8, 4) is 0 Å². The van der Waals surface area contributed by atoms with Gasteiger partial charge in [0.2, 0.25) is 5.91 Å². The van der Waals surface area contributed by atoms with Gasteiger partial charge in [-0.3, -0.25) is 9.59 Å². The van der Waals surface area contributed by atoms with Crippen molar-refractivity contribution < 1.29 is 9.59 Å². The number of aromatic nitrogens is 1. The van der Waals surface area contributed by atoms with Gasteiger partial charge in [0.1, 0.15) is 5.69 Å². The number of thiophene rings is 1. The van der Waals surface area contributed by atoms with Crippen LogP contribution < -0.4 is 16.0 Å². The minimum atomic E-state index is -0.126. The molecule has 2 fully saturated rings. The van der Waals surface area contributed by atoms with Crippen molar-refractivity contribution in [2.75, 3.05) is 5.32 Å². The summed E-state index contributed by atoms with van der Waals surface area (Å²) in [5.41, 5.74) is 0.424. The third kappa shape index (κ3) is 2.82. The fourth-order valence-corrected chi connectivity index (χ4v) is 4.49. The molecule has 0 spiro atoms. The monoisotopic (exact) mass is 330 g/mol. The molecule has 3 N–H and O–H groups in total. The molecular weight excluding hydrogens is 312 g/mol. The first-order chi connectivity index (χ1) is 11.1. The Kier molecular flexibility index (Phi) is 3.54. The lowest BCUT2D eigenvalue weighted by Gasteiger charge is -2.21. The lowest BCUT2D eigenvalue weighted by Crippen LogP contribution is -2.43. The number of anilines is 1. The van der Waals surface area contributed by atoms with Crippen LogP contribution in [0, 0.1) is 0 Å². The van der Waals surface area contributed by atoms with Gasteiger partial charge in [-0.25, -0.2) is 4.98 Å². The number of carbonyl (C=O) groups excluding carboxylic acids is 2. The average Bonchev–Trinajstić information content (AvgIpc) is 3.19. The highest BCUT2D eigenvalue weighted by Crippen LogP contribution is 2.30. The summed E-state index contributed by atoms with van der Waals surface area (Å²) in [5, 5.41) is 11.1. The molecule has 0 aliphatic carbocycles. The maximum atomic E-state index is 12.4. The topological polar surface area (TPSA) is 83.1 Å². The summed E-state index contributed by atoms with van der Waals surface area (Å²) in [6.07, 6.45) is 5.04. The first kappa shape index (κ1) is 14.6. The maximum Gasteiger partial charge on any atom is 0.270 e. The van der Waals surface area contributed by atoms with E-state index in [1.165, 1.54) is 24.7 Å². The zero-order valence-corrected chi connectivity index (χ0v) is 13.6. The molecule has 2 bridgehead atoms. The van der Waals surface area contributed by atoms with Crippen LogP contribution in [-0.2, 0) is 4.79 Å². The van der Waals surface area contributed by atoms with Gasteiger partial charge in [0.15, 0.2) is 0 Å². The largest absolute Gasteiger partial charge is 0.346 e. The standard InChI is InChI=1S/C16H18N4O2S/c1-8(21)18-15-5-9-4-13(17-7-14(9)23-15)16(22)20-12-6-10-2-3-11(12)19-10/h4-5,7,10-12,19H,2-3,6H2,1H3,(H,18,21)(H,20,22)/t10-,11+,12-/m1/s1. The van der Waals surface area contributed by atoms with E-state index >= 15 is 0 Å². The highest BCUT2D eigenvalue weighted by Gasteiger charge is 2.39. The number of fused-ring (bicyclic) bond motifs is 3. The van der Waals surface area contributed by atoms with Crippen molar-refractivity contribution in [2.45, 2.75) is 44.3 Å². The van der Waals surface area contributed by atoms with Crippen molar-refractivity contribution in [2.24, 2.45) is 0 Å². The molecule has 6 nitrogen and oxygen atoms in total. The number of rotatable bonds is 3. The number of amides is 2. The Morgan fingerprint density at radius 3 is 2.91 bits per heavy atom. The second kappa shape index (κ2) is 5.58. The second-order valence-electron chi connectivity index (χ2n) is 6.26. The molecule has 2 amide bonds. The molecule has 4 rings (SSSR count). The van der Waals surface area contributed by atoms with E-state index in [2.05, 4.69) is 20.9 Å². The number of nitrogens with one attached hydrogen (secondary N) is 3. The number of pyridine rings is 1. The van der Waals surface area contributed by atoms with Crippen LogP contribution in [0.1, 0.15) is 36.7 Å². The Balaban J connectivity index is 1.51. The number of hydrogen-bond donors (Lipinski definition) is 3. The normalized spacial score (nSPS) is 25.7. The Bertz CT molecular complexity index is 787. The SMILES string of the molecule is CC(=O)Nc1cc2cc(C(=O)N[C@@H]3C[C@H]4CC[C@@H]3N4)ncc2s1. The minimum Gasteiger partial charge on any atom is -0.346 e. The number of nitrogens with zero attached hydrogens (tertiary/aromatic N) is 1. The van der Waals surface area contributed by atoms with Crippen molar-refractivity contribution in [1.82, 2.24) is 15.6 Å². The summed E-state index contributed by atoms with van der Waals surface area (Å²) in [5.74, 6) is -0.232. The van der Waals surface area contributed by atoms with Gasteiger partial charge in [0, 0.05) is 31.2 Å². The van der Waals surface area contributed by atoms with E-state index < -0.39 is 0 Å². The highest BCUT2D eigenvalue weighted by molar-refractivity contribution is 7.22. The summed E-state index contributed by atoms with van der Waals surface area (Å²) >= 11 is 1.45. The summed E-state index contributed by atoms with van der Waals surface area (Å²) < 4.78 is 0.951. The fourth-order valence-electron chi connectivity index (χ4n) is 3.53. The highest BCUT2D eigenvalue weighted by atomic mass is 32.1. The summed E-state index contributed by atoms with van der Waals surface area (Å²) in [4.78, 5) is 27.8. The molecule has 4 heterocycles. The Morgan fingerprint density at radius 1 is 1.35 bits per heavy atom. The summed E-state index contributed by atoms with van der Waals surface area (Å²) in [6.45, 7) is 1.48. The molecule has 2 aromatic rings. The molecule has 2 saturated heterocycles. The zero-order valence-electron chi connectivity index (χ0n) is 12.8. The predicted molar refractivity (Wildman–Crippen MR) is 89.7 cm³/mol. The third-order valence-electron chi connectivity index (χ3n) is 4.55. The Labute approximate surface area is 137 Å². The van der Waals surface area contributed by atoms with E-state index in [1.54, 1.807) is 12.3 Å². The van der Waals surface area contributed by atoms with Gasteiger partial charge >= 0.3 is 0 Å². The fraction of sp³-hybridized carbons (Fsp3) is 0.438. The molecular formula is C16H18N4O2S. The van der Waals surface area contributed by atoms with Gasteiger partial charge in [-0.2, -0.15) is 0 Å². The van der Waals surface area contributed by atoms with E-state index in [4.69, 9.17) is 0 Å². The summed E-state index contributed by atoms with van der Waals surface area (Å²) in [6, 6.07) is 4.82. The van der Waals surface area contributed by atoms with Crippen LogP contribution in [0.2, 0.25) is 0 Å². The number of hydrogen-bond acceptors (Lipinski definition) is 5. The van der Waals surface area contributed by atoms with Crippen molar-refractivity contribution in [3.05, 3.63) is 24.0 Å². The van der Waals surface area contributed by atoms with Crippen LogP contribution in [-0.4, -0.2) is 34.9 Å². The van der Waals surface area contributed by atoms with Gasteiger partial charge < -0.3 is 16.0 Å². The molecule has 3 atom stereocenters. The first-order valence-corrected chi connectivity index (χ1v) is 8.64. The van der Waals surface area contributed by atoms with Crippen LogP contribution in [0.4, 0.5) is 5.00 Å². The van der Waals surface area contributed by atoms with Gasteiger partial charge in [0.25, 0.3) is 5.91 Å². The molecule has 0 aromatic carbocycles. The van der Waals surface area contributed by atoms with E-state index in [0.717, 1.165) is 27.9 Å². The predicted octanol–water partition coefficient (Wildman–Crippen LogP) is 1.88. The quantitative estimate of drug-likeness (QED) is 0.802. The van der Waals surface area contributed by atoms with Crippen molar-refractivity contribution >= 4 is 38.2 Å². The Hall–Kier alpha value is -1.99. The molecule has 2 aromatic heterocycles. The Morgan fingerprint density at radius 2 is 2.22 bits per heavy atom. The summed E-state index contributed by atoms with van der Waals surface area (Å²) in [7, 11) is 0. The zero-order chi connectivity index (χ0) is 16.0. The van der Waals surface area contributed by atoms with Crippen LogP contribution >= 0.6 is 11.3 Å². The lowest BCUT2D eigenvalue weighted by atomic mass is 9.95. The number of carbonyl (C=O) groups is 2. The minimum absolute atomic E-state index is 0.105. The van der Waals surface area contributed by atoms with Crippen LogP contribution in [0.5, 0.6) is 0 Å². The lowest BCUT2D eigenvalue weighted by molar-refractivity contribution is -0.114. The smallest absolute Gasteiger partial charge is 0.270 e. The molecule has 23 heavy (non-hydrogen) atoms. The van der Waals surface area contributed by atoms with Gasteiger partial charge in [-0.15, -0.1) is 11.3 Å². The molecule has 0 unspecified atom stereocenters. The molecule has 120 valence electrons. The van der Waals surface area contributed by atoms with Crippen LogP contribution in [0.15, 0.2) is 18.3 Å². The van der Waals surface area contributed by atoms with E-state index in [1.807, 2.05) is 6.07 Å². The maximum absolute atomic E-state index is 12.4. The van der Waals surface area contributed by atoms with E-state index in [9.17, 15) is 9.59 Å². The average molecular weight is 330 g/mol. The molecule has 2 aliphatic rings. The molecule has 2 aliphatic heterocycles. The van der Waals surface area contributed by atoms with Gasteiger partial charge in [0.05, 0.1) is 9.70 Å². The second-order valence-corrected chi connectivity index (χ2v) is 7.35.